The number of aromatic amines is 1. The zero-order valence-electron chi connectivity index (χ0n) is 17.3. The summed E-state index contributed by atoms with van der Waals surface area (Å²) < 4.78 is 15.2. The third-order valence-electron chi connectivity index (χ3n) is 5.74. The van der Waals surface area contributed by atoms with Gasteiger partial charge in [0.2, 0.25) is 0 Å². The van der Waals surface area contributed by atoms with Crippen molar-refractivity contribution in [3.05, 3.63) is 70.2 Å². The third kappa shape index (κ3) is 3.35. The molecule has 2 heterocycles. The zero-order chi connectivity index (χ0) is 21.6. The van der Waals surface area contributed by atoms with Crippen LogP contribution in [-0.2, 0) is 12.3 Å². The van der Waals surface area contributed by atoms with E-state index in [1.165, 1.54) is 4.90 Å². The molecule has 1 aliphatic rings. The lowest BCUT2D eigenvalue weighted by atomic mass is 9.86. The van der Waals surface area contributed by atoms with E-state index in [-0.39, 0.29) is 25.6 Å². The van der Waals surface area contributed by atoms with E-state index >= 15 is 4.39 Å². The van der Waals surface area contributed by atoms with Crippen LogP contribution >= 0.6 is 0 Å². The SMILES string of the molecule is Cc1cc(C)c(-c2nc(CO)[nH]c2C)cc1C(=O)N1CC(F)(c2ccc(N)cc2)C1. The predicted octanol–water partition coefficient (Wildman–Crippen LogP) is 3.40. The molecule has 1 amide bonds. The van der Waals surface area contributed by atoms with E-state index in [0.717, 1.165) is 22.4 Å². The number of halogens is 1. The number of aryl methyl sites for hydroxylation is 3. The highest BCUT2D eigenvalue weighted by Gasteiger charge is 2.47. The molecule has 3 aromatic rings. The molecule has 0 saturated carbocycles. The number of imidazole rings is 1. The number of carbonyl (C=O) groups excluding carboxylic acids is 1. The second-order valence-electron chi connectivity index (χ2n) is 8.05. The van der Waals surface area contributed by atoms with Crippen molar-refractivity contribution >= 4 is 11.6 Å². The van der Waals surface area contributed by atoms with E-state index in [1.807, 2.05) is 32.9 Å². The van der Waals surface area contributed by atoms with E-state index in [0.29, 0.717) is 28.3 Å². The van der Waals surface area contributed by atoms with Crippen LogP contribution in [0.1, 0.15) is 38.6 Å². The second-order valence-corrected chi connectivity index (χ2v) is 8.05. The Morgan fingerprint density at radius 1 is 1.20 bits per heavy atom. The van der Waals surface area contributed by atoms with Crippen LogP contribution in [0.3, 0.4) is 0 Å². The van der Waals surface area contributed by atoms with Gasteiger partial charge in [-0.25, -0.2) is 9.37 Å². The number of H-pyrrole nitrogens is 1. The highest BCUT2D eigenvalue weighted by molar-refractivity contribution is 5.98. The lowest BCUT2D eigenvalue weighted by Crippen LogP contribution is -2.58. The number of carbonyl (C=O) groups is 1. The number of amides is 1. The molecule has 0 atom stereocenters. The highest BCUT2D eigenvalue weighted by Crippen LogP contribution is 2.38. The van der Waals surface area contributed by atoms with Gasteiger partial charge in [-0.3, -0.25) is 4.79 Å². The molecule has 30 heavy (non-hydrogen) atoms. The molecule has 1 saturated heterocycles. The second kappa shape index (κ2) is 7.25. The minimum absolute atomic E-state index is 0.00843. The Balaban J connectivity index is 1.61. The van der Waals surface area contributed by atoms with Gasteiger partial charge in [0.25, 0.3) is 5.91 Å². The Kier molecular flexibility index (Phi) is 4.86. The summed E-state index contributed by atoms with van der Waals surface area (Å²) in [5.74, 6) is 0.275. The normalized spacial score (nSPS) is 15.2. The Labute approximate surface area is 174 Å². The van der Waals surface area contributed by atoms with Gasteiger partial charge in [-0.05, 0) is 55.7 Å². The van der Waals surface area contributed by atoms with Crippen molar-refractivity contribution in [3.63, 3.8) is 0 Å². The van der Waals surface area contributed by atoms with Crippen molar-refractivity contribution in [3.8, 4) is 11.3 Å². The van der Waals surface area contributed by atoms with Crippen LogP contribution < -0.4 is 5.73 Å². The Morgan fingerprint density at radius 3 is 2.47 bits per heavy atom. The van der Waals surface area contributed by atoms with Gasteiger partial charge in [0.15, 0.2) is 5.67 Å². The Hall–Kier alpha value is -3.19. The number of alkyl halides is 1. The van der Waals surface area contributed by atoms with Gasteiger partial charge in [0, 0.05) is 22.5 Å². The summed E-state index contributed by atoms with van der Waals surface area (Å²) in [6, 6.07) is 10.4. The van der Waals surface area contributed by atoms with Crippen molar-refractivity contribution < 1.29 is 14.3 Å². The number of hydrogen-bond acceptors (Lipinski definition) is 4. The smallest absolute Gasteiger partial charge is 0.254 e. The van der Waals surface area contributed by atoms with Gasteiger partial charge in [-0.1, -0.05) is 18.2 Å². The summed E-state index contributed by atoms with van der Waals surface area (Å²) >= 11 is 0. The summed E-state index contributed by atoms with van der Waals surface area (Å²) in [7, 11) is 0. The fraction of sp³-hybridized carbons (Fsp3) is 0.304. The molecule has 0 spiro atoms. The van der Waals surface area contributed by atoms with Gasteiger partial charge < -0.3 is 20.7 Å². The van der Waals surface area contributed by atoms with Crippen LogP contribution in [0.5, 0.6) is 0 Å². The van der Waals surface area contributed by atoms with Crippen LogP contribution in [0, 0.1) is 20.8 Å². The van der Waals surface area contributed by atoms with Gasteiger partial charge in [0.05, 0.1) is 18.8 Å². The van der Waals surface area contributed by atoms with Crippen LogP contribution in [0.15, 0.2) is 36.4 Å². The van der Waals surface area contributed by atoms with Gasteiger partial charge in [0.1, 0.15) is 12.4 Å². The van der Waals surface area contributed by atoms with E-state index in [4.69, 9.17) is 5.73 Å². The molecule has 6 nitrogen and oxygen atoms in total. The monoisotopic (exact) mass is 408 g/mol. The van der Waals surface area contributed by atoms with Crippen LogP contribution in [0.4, 0.5) is 10.1 Å². The van der Waals surface area contributed by atoms with E-state index in [9.17, 15) is 9.90 Å². The molecule has 0 unspecified atom stereocenters. The maximum absolute atomic E-state index is 15.2. The number of nitrogen functional groups attached to an aromatic ring is 1. The first-order chi connectivity index (χ1) is 14.2. The first-order valence-corrected chi connectivity index (χ1v) is 9.84. The van der Waals surface area contributed by atoms with Crippen LogP contribution in [-0.4, -0.2) is 39.0 Å². The van der Waals surface area contributed by atoms with Gasteiger partial charge in [-0.2, -0.15) is 0 Å². The average molecular weight is 408 g/mol. The van der Waals surface area contributed by atoms with E-state index in [2.05, 4.69) is 9.97 Å². The fourth-order valence-corrected chi connectivity index (χ4v) is 4.03. The Bertz CT molecular complexity index is 1110. The van der Waals surface area contributed by atoms with Crippen molar-refractivity contribution in [1.29, 1.82) is 0 Å². The molecule has 156 valence electrons. The molecule has 1 aromatic heterocycles. The van der Waals surface area contributed by atoms with Crippen molar-refractivity contribution in [1.82, 2.24) is 14.9 Å². The number of likely N-dealkylation sites (tertiary alicyclic amines) is 1. The van der Waals surface area contributed by atoms with Gasteiger partial charge in [-0.15, -0.1) is 0 Å². The number of benzene rings is 2. The predicted molar refractivity (Wildman–Crippen MR) is 114 cm³/mol. The highest BCUT2D eigenvalue weighted by atomic mass is 19.1. The van der Waals surface area contributed by atoms with Crippen molar-refractivity contribution in [2.24, 2.45) is 0 Å². The standard InChI is InChI=1S/C23H25FN4O2/c1-13-8-14(2)19(9-18(13)21-15(3)26-20(10-29)27-21)22(30)28-11-23(24,12-28)16-4-6-17(25)7-5-16/h4-9,29H,10-12,25H2,1-3H3,(H,26,27). The topological polar surface area (TPSA) is 95.2 Å². The molecule has 0 bridgehead atoms. The van der Waals surface area contributed by atoms with E-state index < -0.39 is 5.67 Å². The van der Waals surface area contributed by atoms with Crippen LogP contribution in [0.2, 0.25) is 0 Å². The lowest BCUT2D eigenvalue weighted by molar-refractivity contribution is -0.0231. The first kappa shape index (κ1) is 20.1. The maximum atomic E-state index is 15.2. The van der Waals surface area contributed by atoms with E-state index in [1.54, 1.807) is 24.3 Å². The number of aliphatic hydroxyl groups excluding tert-OH is 1. The number of rotatable bonds is 4. The molecule has 0 radical (unpaired) electrons. The number of nitrogens with zero attached hydrogens (tertiary/aromatic N) is 2. The largest absolute Gasteiger partial charge is 0.399 e. The lowest BCUT2D eigenvalue weighted by Gasteiger charge is -2.45. The van der Waals surface area contributed by atoms with Gasteiger partial charge >= 0.3 is 0 Å². The number of anilines is 1. The first-order valence-electron chi connectivity index (χ1n) is 9.84. The number of hydrogen-bond donors (Lipinski definition) is 3. The molecule has 2 aromatic carbocycles. The van der Waals surface area contributed by atoms with Crippen molar-refractivity contribution in [2.75, 3.05) is 18.8 Å². The number of nitrogens with one attached hydrogen (secondary N) is 1. The summed E-state index contributed by atoms with van der Waals surface area (Å²) in [5, 5.41) is 9.35. The molecular formula is C23H25FN4O2. The quantitative estimate of drug-likeness (QED) is 0.577. The third-order valence-corrected chi connectivity index (χ3v) is 5.74. The van der Waals surface area contributed by atoms with Crippen molar-refractivity contribution in [2.45, 2.75) is 33.0 Å². The Morgan fingerprint density at radius 2 is 1.87 bits per heavy atom. The number of aromatic nitrogens is 2. The maximum Gasteiger partial charge on any atom is 0.254 e. The summed E-state index contributed by atoms with van der Waals surface area (Å²) in [5.41, 5.74) is 9.93. The zero-order valence-corrected chi connectivity index (χ0v) is 17.3. The number of aliphatic hydroxyl groups is 1. The molecule has 1 aliphatic heterocycles. The summed E-state index contributed by atoms with van der Waals surface area (Å²) in [6.45, 7) is 5.55. The molecule has 7 heteroatoms. The minimum Gasteiger partial charge on any atom is -0.399 e. The summed E-state index contributed by atoms with van der Waals surface area (Å²) in [4.78, 5) is 22.1. The summed E-state index contributed by atoms with van der Waals surface area (Å²) in [6.07, 6.45) is 0. The fourth-order valence-electron chi connectivity index (χ4n) is 4.03. The number of nitrogens with two attached hydrogens (primary N) is 1. The minimum atomic E-state index is -1.56. The molecule has 0 aliphatic carbocycles. The molecule has 4 rings (SSSR count). The average Bonchev–Trinajstić information content (AvgIpc) is 3.06. The van der Waals surface area contributed by atoms with Crippen LogP contribution in [0.25, 0.3) is 11.3 Å². The molecule has 1 fully saturated rings. The molecular weight excluding hydrogens is 383 g/mol. The molecule has 4 N–H and O–H groups in total.